The highest BCUT2D eigenvalue weighted by Crippen LogP contribution is 2.32. The molecule has 0 N–H and O–H groups in total. The van der Waals surface area contributed by atoms with Crippen LogP contribution in [0.4, 0.5) is 0 Å². The lowest BCUT2D eigenvalue weighted by molar-refractivity contribution is 0.543. The van der Waals surface area contributed by atoms with Crippen molar-refractivity contribution in [1.82, 2.24) is 0 Å². The Bertz CT molecular complexity index is 649. The van der Waals surface area contributed by atoms with Gasteiger partial charge in [-0.05, 0) is 36.8 Å². The first kappa shape index (κ1) is 15.6. The smallest absolute Gasteiger partial charge is 0.340 e. The van der Waals surface area contributed by atoms with Crippen LogP contribution in [0.3, 0.4) is 0 Å². The minimum absolute atomic E-state index is 0.180. The van der Waals surface area contributed by atoms with E-state index in [-0.39, 0.29) is 5.63 Å². The maximum atomic E-state index is 12.2. The van der Waals surface area contributed by atoms with Crippen LogP contribution in [0.2, 0.25) is 0 Å². The molecule has 0 spiro atoms. The van der Waals surface area contributed by atoms with Gasteiger partial charge in [0.25, 0.3) is 0 Å². The number of hydrogen-bond acceptors (Lipinski definition) is 3. The molecule has 0 saturated heterocycles. The minimum atomic E-state index is -0.180. The topological polar surface area (TPSA) is 30.2 Å². The van der Waals surface area contributed by atoms with Crippen molar-refractivity contribution in [2.75, 3.05) is 5.75 Å². The lowest BCUT2D eigenvalue weighted by atomic mass is 10.1. The van der Waals surface area contributed by atoms with E-state index in [9.17, 15) is 4.79 Å². The summed E-state index contributed by atoms with van der Waals surface area (Å²) < 4.78 is 6.47. The SMILES string of the molecule is CCCCSc1c(CCC)c(=O)oc2ccc(Br)cc12. The van der Waals surface area contributed by atoms with Crippen molar-refractivity contribution in [1.29, 1.82) is 0 Å². The van der Waals surface area contributed by atoms with Gasteiger partial charge in [-0.2, -0.15) is 0 Å². The lowest BCUT2D eigenvalue weighted by Gasteiger charge is -2.10. The first-order chi connectivity index (χ1) is 9.67. The van der Waals surface area contributed by atoms with Gasteiger partial charge in [0.05, 0.1) is 5.56 Å². The summed E-state index contributed by atoms with van der Waals surface area (Å²) in [5, 5.41) is 1.04. The van der Waals surface area contributed by atoms with E-state index >= 15 is 0 Å². The highest BCUT2D eigenvalue weighted by molar-refractivity contribution is 9.10. The molecule has 2 aromatic rings. The van der Waals surface area contributed by atoms with Gasteiger partial charge in [-0.25, -0.2) is 4.79 Å². The van der Waals surface area contributed by atoms with E-state index in [1.54, 1.807) is 11.8 Å². The van der Waals surface area contributed by atoms with E-state index in [2.05, 4.69) is 29.8 Å². The fourth-order valence-electron chi connectivity index (χ4n) is 2.13. The summed E-state index contributed by atoms with van der Waals surface area (Å²) >= 11 is 5.28. The fourth-order valence-corrected chi connectivity index (χ4v) is 3.81. The molecular weight excluding hydrogens is 336 g/mol. The Morgan fingerprint density at radius 2 is 2.05 bits per heavy atom. The summed E-state index contributed by atoms with van der Waals surface area (Å²) in [5.41, 5.74) is 1.33. The molecule has 0 aliphatic carbocycles. The molecule has 0 unspecified atom stereocenters. The summed E-state index contributed by atoms with van der Waals surface area (Å²) in [5.74, 6) is 1.04. The maximum absolute atomic E-state index is 12.2. The van der Waals surface area contributed by atoms with Gasteiger partial charge in [0, 0.05) is 14.8 Å². The van der Waals surface area contributed by atoms with Gasteiger partial charge < -0.3 is 4.42 Å². The van der Waals surface area contributed by atoms with E-state index in [1.807, 2.05) is 18.2 Å². The Kier molecular flexibility index (Phi) is 5.73. The predicted molar refractivity (Wildman–Crippen MR) is 89.8 cm³/mol. The van der Waals surface area contributed by atoms with Gasteiger partial charge in [-0.3, -0.25) is 0 Å². The van der Waals surface area contributed by atoms with Gasteiger partial charge in [0.15, 0.2) is 0 Å². The average Bonchev–Trinajstić information content (AvgIpc) is 2.43. The van der Waals surface area contributed by atoms with E-state index in [0.717, 1.165) is 45.3 Å². The molecule has 4 heteroatoms. The third kappa shape index (κ3) is 3.47. The molecule has 0 bridgehead atoms. The largest absolute Gasteiger partial charge is 0.422 e. The van der Waals surface area contributed by atoms with Crippen molar-refractivity contribution in [3.05, 3.63) is 38.7 Å². The molecule has 2 nitrogen and oxygen atoms in total. The van der Waals surface area contributed by atoms with Crippen molar-refractivity contribution in [2.45, 2.75) is 44.4 Å². The molecule has 0 saturated carbocycles. The summed E-state index contributed by atoms with van der Waals surface area (Å²) in [4.78, 5) is 13.3. The lowest BCUT2D eigenvalue weighted by Crippen LogP contribution is -2.09. The van der Waals surface area contributed by atoms with Crippen molar-refractivity contribution < 1.29 is 4.42 Å². The van der Waals surface area contributed by atoms with Crippen LogP contribution in [-0.4, -0.2) is 5.75 Å². The number of unbranched alkanes of at least 4 members (excludes halogenated alkanes) is 1. The Morgan fingerprint density at radius 3 is 2.75 bits per heavy atom. The minimum Gasteiger partial charge on any atom is -0.422 e. The molecule has 1 aromatic carbocycles. The number of halogens is 1. The Hall–Kier alpha value is -0.740. The van der Waals surface area contributed by atoms with Crippen molar-refractivity contribution in [3.8, 4) is 0 Å². The van der Waals surface area contributed by atoms with Crippen LogP contribution in [0, 0.1) is 0 Å². The zero-order valence-electron chi connectivity index (χ0n) is 11.9. The van der Waals surface area contributed by atoms with Gasteiger partial charge in [0.2, 0.25) is 0 Å². The molecule has 0 amide bonds. The number of fused-ring (bicyclic) bond motifs is 1. The molecule has 0 atom stereocenters. The second-order valence-corrected chi connectivity index (χ2v) is 6.81. The van der Waals surface area contributed by atoms with E-state index in [1.165, 1.54) is 6.42 Å². The van der Waals surface area contributed by atoms with Crippen LogP contribution in [0.15, 0.2) is 36.8 Å². The normalized spacial score (nSPS) is 11.2. The third-order valence-corrected chi connectivity index (χ3v) is 4.89. The summed E-state index contributed by atoms with van der Waals surface area (Å²) in [6.45, 7) is 4.27. The molecule has 1 heterocycles. The molecule has 0 aliphatic rings. The molecular formula is C16H19BrO2S. The molecule has 0 radical (unpaired) electrons. The zero-order valence-corrected chi connectivity index (χ0v) is 14.3. The van der Waals surface area contributed by atoms with Crippen LogP contribution < -0.4 is 5.63 Å². The second kappa shape index (κ2) is 7.32. The van der Waals surface area contributed by atoms with Crippen LogP contribution in [0.25, 0.3) is 11.0 Å². The highest BCUT2D eigenvalue weighted by Gasteiger charge is 2.14. The monoisotopic (exact) mass is 354 g/mol. The maximum Gasteiger partial charge on any atom is 0.340 e. The number of benzene rings is 1. The molecule has 108 valence electrons. The first-order valence-electron chi connectivity index (χ1n) is 7.05. The molecule has 0 fully saturated rings. The Balaban J connectivity index is 2.58. The molecule has 1 aromatic heterocycles. The quantitative estimate of drug-likeness (QED) is 0.395. The van der Waals surface area contributed by atoms with Crippen LogP contribution in [0.5, 0.6) is 0 Å². The fraction of sp³-hybridized carbons (Fsp3) is 0.438. The van der Waals surface area contributed by atoms with Crippen LogP contribution >= 0.6 is 27.7 Å². The Labute approximate surface area is 132 Å². The van der Waals surface area contributed by atoms with Crippen LogP contribution in [-0.2, 0) is 6.42 Å². The third-order valence-electron chi connectivity index (χ3n) is 3.15. The van der Waals surface area contributed by atoms with Crippen LogP contribution in [0.1, 0.15) is 38.7 Å². The Morgan fingerprint density at radius 1 is 1.25 bits per heavy atom. The zero-order chi connectivity index (χ0) is 14.5. The van der Waals surface area contributed by atoms with Gasteiger partial charge in [-0.15, -0.1) is 11.8 Å². The highest BCUT2D eigenvalue weighted by atomic mass is 79.9. The molecule has 0 aliphatic heterocycles. The standard InChI is InChI=1S/C16H19BrO2S/c1-3-5-9-20-15-12(6-4-2)16(18)19-14-8-7-11(17)10-13(14)15/h7-8,10H,3-6,9H2,1-2H3. The van der Waals surface area contributed by atoms with Gasteiger partial charge >= 0.3 is 5.63 Å². The van der Waals surface area contributed by atoms with E-state index < -0.39 is 0 Å². The van der Waals surface area contributed by atoms with Crippen molar-refractivity contribution >= 4 is 38.7 Å². The number of hydrogen-bond donors (Lipinski definition) is 0. The summed E-state index contributed by atoms with van der Waals surface area (Å²) in [6.07, 6.45) is 4.05. The average molecular weight is 355 g/mol. The molecule has 20 heavy (non-hydrogen) atoms. The number of thioether (sulfide) groups is 1. The van der Waals surface area contributed by atoms with Gasteiger partial charge in [-0.1, -0.05) is 42.6 Å². The summed E-state index contributed by atoms with van der Waals surface area (Å²) in [6, 6.07) is 5.82. The van der Waals surface area contributed by atoms with Crippen molar-refractivity contribution in [3.63, 3.8) is 0 Å². The predicted octanol–water partition coefficient (Wildman–Crippen LogP) is 5.40. The first-order valence-corrected chi connectivity index (χ1v) is 8.83. The second-order valence-electron chi connectivity index (χ2n) is 4.79. The number of rotatable bonds is 6. The van der Waals surface area contributed by atoms with Crippen molar-refractivity contribution in [2.24, 2.45) is 0 Å². The van der Waals surface area contributed by atoms with E-state index in [0.29, 0.717) is 5.58 Å². The van der Waals surface area contributed by atoms with Gasteiger partial charge in [0.1, 0.15) is 5.58 Å². The van der Waals surface area contributed by atoms with E-state index in [4.69, 9.17) is 4.42 Å². The summed E-state index contributed by atoms with van der Waals surface area (Å²) in [7, 11) is 0. The molecule has 2 rings (SSSR count).